The van der Waals surface area contributed by atoms with Crippen LogP contribution >= 0.6 is 0 Å². The topological polar surface area (TPSA) is 58.5 Å². The lowest BCUT2D eigenvalue weighted by molar-refractivity contribution is 0.407. The largest absolute Gasteiger partial charge is 0.496 e. The maximum Gasteiger partial charge on any atom is 0.191 e. The molecule has 0 amide bonds. The molecule has 140 valence electrons. The van der Waals surface area contributed by atoms with E-state index in [0.717, 1.165) is 29.1 Å². The first-order chi connectivity index (χ1) is 12.6. The van der Waals surface area contributed by atoms with Gasteiger partial charge in [0, 0.05) is 30.4 Å². The number of aryl methyl sites for hydroxylation is 1. The van der Waals surface area contributed by atoms with Crippen molar-refractivity contribution >= 4 is 5.96 Å². The number of benzene rings is 1. The molecule has 1 aromatic carbocycles. The van der Waals surface area contributed by atoms with Gasteiger partial charge >= 0.3 is 0 Å². The van der Waals surface area contributed by atoms with Gasteiger partial charge in [0.15, 0.2) is 5.96 Å². The maximum atomic E-state index is 13.7. The average molecular weight is 358 g/mol. The first-order valence-corrected chi connectivity index (χ1v) is 8.81. The normalized spacial score (nSPS) is 11.3. The second-order valence-corrected chi connectivity index (χ2v) is 6.01. The summed E-state index contributed by atoms with van der Waals surface area (Å²) in [5.41, 5.74) is 3.57. The molecule has 0 aliphatic rings. The Hall–Kier alpha value is -2.63. The second kappa shape index (κ2) is 9.75. The van der Waals surface area contributed by atoms with Crippen molar-refractivity contribution in [3.8, 4) is 5.75 Å². The fourth-order valence-corrected chi connectivity index (χ4v) is 2.74. The van der Waals surface area contributed by atoms with E-state index in [9.17, 15) is 4.39 Å². The van der Waals surface area contributed by atoms with E-state index in [1.54, 1.807) is 25.4 Å². The minimum absolute atomic E-state index is 0.178. The number of ether oxygens (including phenoxy) is 1. The number of guanidine groups is 1. The number of hydrogen-bond donors (Lipinski definition) is 2. The summed E-state index contributed by atoms with van der Waals surface area (Å²) < 4.78 is 19.1. The lowest BCUT2D eigenvalue weighted by Gasteiger charge is -2.13. The Morgan fingerprint density at radius 3 is 2.69 bits per heavy atom. The first-order valence-electron chi connectivity index (χ1n) is 8.81. The second-order valence-electron chi connectivity index (χ2n) is 6.01. The zero-order valence-corrected chi connectivity index (χ0v) is 15.9. The van der Waals surface area contributed by atoms with Crippen molar-refractivity contribution in [3.05, 3.63) is 58.7 Å². The summed E-state index contributed by atoms with van der Waals surface area (Å²) in [4.78, 5) is 9.05. The van der Waals surface area contributed by atoms with Crippen LogP contribution in [0.3, 0.4) is 0 Å². The number of aliphatic imine (C=N–C) groups is 1. The zero-order valence-electron chi connectivity index (χ0n) is 15.9. The number of methoxy groups -OCH3 is 1. The lowest BCUT2D eigenvalue weighted by Crippen LogP contribution is -2.38. The Bertz CT molecular complexity index is 761. The molecular weight excluding hydrogens is 331 g/mol. The maximum absolute atomic E-state index is 13.7. The molecule has 1 heterocycles. The number of halogens is 1. The Balaban J connectivity index is 2.01. The van der Waals surface area contributed by atoms with Crippen molar-refractivity contribution in [1.82, 2.24) is 15.6 Å². The fraction of sp³-hybridized carbons (Fsp3) is 0.400. The molecule has 0 radical (unpaired) electrons. The summed E-state index contributed by atoms with van der Waals surface area (Å²) in [6, 6.07) is 6.82. The van der Waals surface area contributed by atoms with Crippen LogP contribution < -0.4 is 15.4 Å². The molecule has 2 N–H and O–H groups in total. The average Bonchev–Trinajstić information content (AvgIpc) is 2.63. The van der Waals surface area contributed by atoms with Crippen LogP contribution in [0.5, 0.6) is 5.75 Å². The molecule has 0 fully saturated rings. The summed E-state index contributed by atoms with van der Waals surface area (Å²) in [5, 5.41) is 6.44. The highest BCUT2D eigenvalue weighted by atomic mass is 19.1. The van der Waals surface area contributed by atoms with Crippen LogP contribution in [0.25, 0.3) is 0 Å². The number of nitrogens with zero attached hydrogens (tertiary/aromatic N) is 2. The van der Waals surface area contributed by atoms with Crippen LogP contribution in [-0.4, -0.2) is 31.1 Å². The van der Waals surface area contributed by atoms with Crippen molar-refractivity contribution in [1.29, 1.82) is 0 Å². The molecule has 26 heavy (non-hydrogen) atoms. The van der Waals surface area contributed by atoms with E-state index in [2.05, 4.69) is 20.6 Å². The molecule has 2 rings (SSSR count). The standard InChI is InChI=1S/C20H27FN4O/c1-5-22-20(23-11-10-16-8-6-7-9-17(16)21)25-13-18-15(3)19(26-4)14(2)12-24-18/h6-9,12H,5,10-11,13H2,1-4H3,(H2,22,23,25). The number of nitrogens with one attached hydrogen (secondary N) is 2. The van der Waals surface area contributed by atoms with Crippen LogP contribution in [0.4, 0.5) is 4.39 Å². The van der Waals surface area contributed by atoms with E-state index in [0.29, 0.717) is 31.0 Å². The van der Waals surface area contributed by atoms with Gasteiger partial charge in [0.2, 0.25) is 0 Å². The van der Waals surface area contributed by atoms with Crippen LogP contribution in [0.1, 0.15) is 29.3 Å². The SMILES string of the molecule is CCNC(=NCc1ncc(C)c(OC)c1C)NCCc1ccccc1F. The quantitative estimate of drug-likeness (QED) is 0.590. The summed E-state index contributed by atoms with van der Waals surface area (Å²) in [6.45, 7) is 7.75. The van der Waals surface area contributed by atoms with Gasteiger partial charge in [0.25, 0.3) is 0 Å². The molecule has 0 atom stereocenters. The van der Waals surface area contributed by atoms with Crippen LogP contribution in [-0.2, 0) is 13.0 Å². The monoisotopic (exact) mass is 358 g/mol. The van der Waals surface area contributed by atoms with Gasteiger partial charge in [0.1, 0.15) is 11.6 Å². The third-order valence-corrected chi connectivity index (χ3v) is 4.13. The van der Waals surface area contributed by atoms with E-state index < -0.39 is 0 Å². The molecule has 2 aromatic rings. The molecule has 0 unspecified atom stereocenters. The molecular formula is C20H27FN4O. The van der Waals surface area contributed by atoms with Crippen molar-refractivity contribution in [2.45, 2.75) is 33.7 Å². The molecule has 0 saturated heterocycles. The first kappa shape index (κ1) is 19.7. The van der Waals surface area contributed by atoms with Gasteiger partial charge in [0.05, 0.1) is 19.3 Å². The van der Waals surface area contributed by atoms with Gasteiger partial charge in [-0.2, -0.15) is 0 Å². The summed E-state index contributed by atoms with van der Waals surface area (Å²) in [6.07, 6.45) is 2.39. The van der Waals surface area contributed by atoms with Gasteiger partial charge in [-0.25, -0.2) is 9.38 Å². The molecule has 0 bridgehead atoms. The van der Waals surface area contributed by atoms with Crippen molar-refractivity contribution < 1.29 is 9.13 Å². The van der Waals surface area contributed by atoms with Crippen molar-refractivity contribution in [2.75, 3.05) is 20.2 Å². The van der Waals surface area contributed by atoms with Crippen LogP contribution in [0.2, 0.25) is 0 Å². The summed E-state index contributed by atoms with van der Waals surface area (Å²) in [7, 11) is 1.66. The van der Waals surface area contributed by atoms with Gasteiger partial charge < -0.3 is 15.4 Å². The third kappa shape index (κ3) is 5.18. The Labute approximate surface area is 154 Å². The van der Waals surface area contributed by atoms with Gasteiger partial charge in [-0.05, 0) is 38.8 Å². The van der Waals surface area contributed by atoms with Crippen LogP contribution in [0, 0.1) is 19.7 Å². The van der Waals surface area contributed by atoms with E-state index in [4.69, 9.17) is 4.74 Å². The van der Waals surface area contributed by atoms with Gasteiger partial charge in [-0.3, -0.25) is 4.98 Å². The highest BCUT2D eigenvalue weighted by Crippen LogP contribution is 2.24. The van der Waals surface area contributed by atoms with E-state index in [1.807, 2.05) is 26.8 Å². The van der Waals surface area contributed by atoms with Gasteiger partial charge in [-0.15, -0.1) is 0 Å². The number of aromatic nitrogens is 1. The Kier molecular flexibility index (Phi) is 7.38. The molecule has 1 aromatic heterocycles. The smallest absolute Gasteiger partial charge is 0.191 e. The number of hydrogen-bond acceptors (Lipinski definition) is 3. The van der Waals surface area contributed by atoms with Crippen LogP contribution in [0.15, 0.2) is 35.5 Å². The van der Waals surface area contributed by atoms with E-state index in [1.165, 1.54) is 6.07 Å². The minimum Gasteiger partial charge on any atom is -0.496 e. The highest BCUT2D eigenvalue weighted by Gasteiger charge is 2.09. The van der Waals surface area contributed by atoms with Gasteiger partial charge in [-0.1, -0.05) is 18.2 Å². The predicted octanol–water partition coefficient (Wildman–Crippen LogP) is 3.14. The number of pyridine rings is 1. The fourth-order valence-electron chi connectivity index (χ4n) is 2.74. The predicted molar refractivity (Wildman–Crippen MR) is 103 cm³/mol. The van der Waals surface area contributed by atoms with Crippen molar-refractivity contribution in [3.63, 3.8) is 0 Å². The third-order valence-electron chi connectivity index (χ3n) is 4.13. The van der Waals surface area contributed by atoms with E-state index >= 15 is 0 Å². The number of rotatable bonds is 7. The molecule has 0 aliphatic heterocycles. The Morgan fingerprint density at radius 1 is 1.23 bits per heavy atom. The summed E-state index contributed by atoms with van der Waals surface area (Å²) in [5.74, 6) is 1.36. The zero-order chi connectivity index (χ0) is 18.9. The molecule has 6 heteroatoms. The minimum atomic E-state index is -0.178. The molecule has 0 spiro atoms. The molecule has 0 aliphatic carbocycles. The van der Waals surface area contributed by atoms with E-state index in [-0.39, 0.29) is 5.82 Å². The lowest BCUT2D eigenvalue weighted by atomic mass is 10.1. The molecule has 5 nitrogen and oxygen atoms in total. The summed E-state index contributed by atoms with van der Waals surface area (Å²) >= 11 is 0. The van der Waals surface area contributed by atoms with Crippen molar-refractivity contribution in [2.24, 2.45) is 4.99 Å². The Morgan fingerprint density at radius 2 is 2.00 bits per heavy atom. The molecule has 0 saturated carbocycles. The highest BCUT2D eigenvalue weighted by molar-refractivity contribution is 5.79.